The molecule has 0 spiro atoms. The highest BCUT2D eigenvalue weighted by molar-refractivity contribution is 9.10. The van der Waals surface area contributed by atoms with Gasteiger partial charge in [-0.25, -0.2) is 0 Å². The smallest absolute Gasteiger partial charge is 0.123 e. The van der Waals surface area contributed by atoms with Crippen LogP contribution in [-0.4, -0.2) is 7.11 Å². The third kappa shape index (κ3) is 3.99. The Labute approximate surface area is 119 Å². The van der Waals surface area contributed by atoms with E-state index in [1.54, 1.807) is 7.11 Å². The van der Waals surface area contributed by atoms with Crippen LogP contribution in [0.1, 0.15) is 51.1 Å². The lowest BCUT2D eigenvalue weighted by atomic mass is 9.87. The predicted molar refractivity (Wildman–Crippen MR) is 80.9 cm³/mol. The molecule has 1 rings (SSSR count). The molecule has 1 aromatic rings. The van der Waals surface area contributed by atoms with E-state index in [0.29, 0.717) is 5.92 Å². The van der Waals surface area contributed by atoms with Crippen LogP contribution >= 0.6 is 15.9 Å². The van der Waals surface area contributed by atoms with Gasteiger partial charge in [0.25, 0.3) is 0 Å². The van der Waals surface area contributed by atoms with Crippen molar-refractivity contribution in [2.24, 2.45) is 11.7 Å². The molecule has 0 heterocycles. The third-order valence-electron chi connectivity index (χ3n) is 3.51. The zero-order valence-corrected chi connectivity index (χ0v) is 13.2. The van der Waals surface area contributed by atoms with Gasteiger partial charge in [-0.15, -0.1) is 0 Å². The number of unbranched alkanes of at least 4 members (excludes halogenated alkanes) is 1. The minimum atomic E-state index is 0.0500. The maximum absolute atomic E-state index is 6.43. The Morgan fingerprint density at radius 3 is 2.61 bits per heavy atom. The topological polar surface area (TPSA) is 35.2 Å². The van der Waals surface area contributed by atoms with Gasteiger partial charge in [-0.1, -0.05) is 49.0 Å². The Balaban J connectivity index is 2.92. The second kappa shape index (κ2) is 7.80. The van der Waals surface area contributed by atoms with Gasteiger partial charge < -0.3 is 10.5 Å². The lowest BCUT2D eigenvalue weighted by Gasteiger charge is -2.24. The Kier molecular flexibility index (Phi) is 6.72. The first-order valence-electron chi connectivity index (χ1n) is 6.73. The van der Waals surface area contributed by atoms with E-state index in [1.165, 1.54) is 19.3 Å². The van der Waals surface area contributed by atoms with Crippen LogP contribution in [-0.2, 0) is 0 Å². The van der Waals surface area contributed by atoms with Gasteiger partial charge in [0.2, 0.25) is 0 Å². The van der Waals surface area contributed by atoms with E-state index >= 15 is 0 Å². The van der Waals surface area contributed by atoms with Crippen molar-refractivity contribution < 1.29 is 4.74 Å². The van der Waals surface area contributed by atoms with Crippen LogP contribution in [0.4, 0.5) is 0 Å². The van der Waals surface area contributed by atoms with E-state index in [4.69, 9.17) is 10.5 Å². The molecule has 3 heteroatoms. The van der Waals surface area contributed by atoms with Gasteiger partial charge in [0.05, 0.1) is 7.11 Å². The standard InChI is InChI=1S/C15H24BrNO/c1-4-6-7-11(5-2)15(17)13-10-12(16)8-9-14(13)18-3/h8-11,15H,4-7,17H2,1-3H3. The number of benzene rings is 1. The Morgan fingerprint density at radius 1 is 1.33 bits per heavy atom. The summed E-state index contributed by atoms with van der Waals surface area (Å²) in [5, 5.41) is 0. The van der Waals surface area contributed by atoms with Gasteiger partial charge in [-0.2, -0.15) is 0 Å². The van der Waals surface area contributed by atoms with Crippen molar-refractivity contribution >= 4 is 15.9 Å². The Morgan fingerprint density at radius 2 is 2.06 bits per heavy atom. The molecular weight excluding hydrogens is 290 g/mol. The van der Waals surface area contributed by atoms with Crippen molar-refractivity contribution in [3.05, 3.63) is 28.2 Å². The number of nitrogens with two attached hydrogens (primary N) is 1. The predicted octanol–water partition coefficient (Wildman–Crippen LogP) is 4.67. The van der Waals surface area contributed by atoms with Gasteiger partial charge in [-0.05, 0) is 30.5 Å². The van der Waals surface area contributed by atoms with E-state index in [-0.39, 0.29) is 6.04 Å². The first-order chi connectivity index (χ1) is 8.63. The van der Waals surface area contributed by atoms with E-state index in [9.17, 15) is 0 Å². The summed E-state index contributed by atoms with van der Waals surface area (Å²) in [7, 11) is 1.70. The SMILES string of the molecule is CCCCC(CC)C(N)c1cc(Br)ccc1OC. The molecule has 1 aromatic carbocycles. The minimum absolute atomic E-state index is 0.0500. The monoisotopic (exact) mass is 313 g/mol. The largest absolute Gasteiger partial charge is 0.496 e. The molecule has 0 radical (unpaired) electrons. The lowest BCUT2D eigenvalue weighted by Crippen LogP contribution is -2.21. The maximum Gasteiger partial charge on any atom is 0.123 e. The second-order valence-electron chi connectivity index (χ2n) is 4.72. The Bertz CT molecular complexity index is 368. The summed E-state index contributed by atoms with van der Waals surface area (Å²) in [5.41, 5.74) is 7.54. The molecule has 0 fully saturated rings. The van der Waals surface area contributed by atoms with Crippen molar-refractivity contribution in [3.8, 4) is 5.75 Å². The average molecular weight is 314 g/mol. The Hall–Kier alpha value is -0.540. The van der Waals surface area contributed by atoms with Gasteiger partial charge >= 0.3 is 0 Å². The van der Waals surface area contributed by atoms with Crippen molar-refractivity contribution in [3.63, 3.8) is 0 Å². The summed E-state index contributed by atoms with van der Waals surface area (Å²) in [6.07, 6.45) is 4.75. The van der Waals surface area contributed by atoms with Crippen molar-refractivity contribution in [1.82, 2.24) is 0 Å². The number of methoxy groups -OCH3 is 1. The van der Waals surface area contributed by atoms with Crippen LogP contribution in [0.15, 0.2) is 22.7 Å². The fourth-order valence-corrected chi connectivity index (χ4v) is 2.70. The highest BCUT2D eigenvalue weighted by atomic mass is 79.9. The average Bonchev–Trinajstić information content (AvgIpc) is 2.39. The summed E-state index contributed by atoms with van der Waals surface area (Å²) in [6.45, 7) is 4.43. The van der Waals surface area contributed by atoms with Crippen molar-refractivity contribution in [1.29, 1.82) is 0 Å². The van der Waals surface area contributed by atoms with Crippen molar-refractivity contribution in [2.75, 3.05) is 7.11 Å². The fraction of sp³-hybridized carbons (Fsp3) is 0.600. The number of ether oxygens (including phenoxy) is 1. The van der Waals surface area contributed by atoms with E-state index in [0.717, 1.165) is 22.2 Å². The molecule has 2 N–H and O–H groups in total. The fourth-order valence-electron chi connectivity index (χ4n) is 2.32. The molecule has 0 bridgehead atoms. The second-order valence-corrected chi connectivity index (χ2v) is 5.64. The molecule has 0 aliphatic heterocycles. The quantitative estimate of drug-likeness (QED) is 0.793. The molecular formula is C15H24BrNO. The molecule has 2 atom stereocenters. The maximum atomic E-state index is 6.43. The van der Waals surface area contributed by atoms with Crippen LogP contribution in [0.2, 0.25) is 0 Å². The molecule has 0 saturated carbocycles. The molecule has 0 aromatic heterocycles. The first-order valence-corrected chi connectivity index (χ1v) is 7.52. The van der Waals surface area contributed by atoms with Crippen LogP contribution in [0.25, 0.3) is 0 Å². The summed E-state index contributed by atoms with van der Waals surface area (Å²) in [5.74, 6) is 1.41. The first kappa shape index (κ1) is 15.5. The normalized spacial score (nSPS) is 14.3. The van der Waals surface area contributed by atoms with E-state index in [1.807, 2.05) is 12.1 Å². The van der Waals surface area contributed by atoms with Gasteiger partial charge in [-0.3, -0.25) is 0 Å². The molecule has 0 aliphatic carbocycles. The van der Waals surface area contributed by atoms with Gasteiger partial charge in [0.15, 0.2) is 0 Å². The lowest BCUT2D eigenvalue weighted by molar-refractivity contribution is 0.356. The third-order valence-corrected chi connectivity index (χ3v) is 4.00. The van der Waals surface area contributed by atoms with E-state index < -0.39 is 0 Å². The minimum Gasteiger partial charge on any atom is -0.496 e. The zero-order valence-electron chi connectivity index (χ0n) is 11.6. The number of hydrogen-bond acceptors (Lipinski definition) is 2. The van der Waals surface area contributed by atoms with Crippen LogP contribution < -0.4 is 10.5 Å². The van der Waals surface area contributed by atoms with Gasteiger partial charge in [0, 0.05) is 16.1 Å². The molecule has 2 nitrogen and oxygen atoms in total. The molecule has 0 saturated heterocycles. The molecule has 2 unspecified atom stereocenters. The zero-order chi connectivity index (χ0) is 13.5. The number of rotatable bonds is 7. The number of halogens is 1. The number of hydrogen-bond donors (Lipinski definition) is 1. The molecule has 18 heavy (non-hydrogen) atoms. The highest BCUT2D eigenvalue weighted by Crippen LogP contribution is 2.34. The van der Waals surface area contributed by atoms with E-state index in [2.05, 4.69) is 35.8 Å². The molecule has 0 aliphatic rings. The summed E-state index contributed by atoms with van der Waals surface area (Å²) >= 11 is 3.51. The van der Waals surface area contributed by atoms with Crippen LogP contribution in [0.3, 0.4) is 0 Å². The van der Waals surface area contributed by atoms with Crippen molar-refractivity contribution in [2.45, 2.75) is 45.6 Å². The molecule has 102 valence electrons. The van der Waals surface area contributed by atoms with Crippen LogP contribution in [0, 0.1) is 5.92 Å². The highest BCUT2D eigenvalue weighted by Gasteiger charge is 2.20. The summed E-state index contributed by atoms with van der Waals surface area (Å²) in [6, 6.07) is 6.10. The summed E-state index contributed by atoms with van der Waals surface area (Å²) < 4.78 is 6.47. The van der Waals surface area contributed by atoms with Crippen LogP contribution in [0.5, 0.6) is 5.75 Å². The van der Waals surface area contributed by atoms with Gasteiger partial charge in [0.1, 0.15) is 5.75 Å². The molecule has 0 amide bonds. The summed E-state index contributed by atoms with van der Waals surface area (Å²) in [4.78, 5) is 0.